The molecule has 0 aromatic heterocycles. The van der Waals surface area contributed by atoms with E-state index in [0.29, 0.717) is 17.0 Å². The van der Waals surface area contributed by atoms with Crippen LogP contribution >= 0.6 is 0 Å². The predicted molar refractivity (Wildman–Crippen MR) is 69.1 cm³/mol. The second-order valence-corrected chi connectivity index (χ2v) is 4.93. The van der Waals surface area contributed by atoms with E-state index in [-0.39, 0.29) is 11.7 Å². The number of nitrogens with one attached hydrogen (secondary N) is 1. The van der Waals surface area contributed by atoms with Gasteiger partial charge < -0.3 is 10.2 Å². The molecular formula is C14H19FN2O. The van der Waals surface area contributed by atoms with Crippen molar-refractivity contribution in [3.63, 3.8) is 0 Å². The van der Waals surface area contributed by atoms with Crippen molar-refractivity contribution in [1.82, 2.24) is 10.2 Å². The summed E-state index contributed by atoms with van der Waals surface area (Å²) in [7, 11) is 1.92. The van der Waals surface area contributed by atoms with Crippen LogP contribution in [0, 0.1) is 18.7 Å². The minimum atomic E-state index is -0.263. The molecule has 3 nitrogen and oxygen atoms in total. The number of aryl methyl sites for hydroxylation is 1. The smallest absolute Gasteiger partial charge is 0.253 e. The van der Waals surface area contributed by atoms with Crippen molar-refractivity contribution >= 4 is 5.91 Å². The van der Waals surface area contributed by atoms with Gasteiger partial charge in [0.1, 0.15) is 5.82 Å². The standard InChI is InChI=1S/C14H19FN2O/c1-10-7-12(3-4-13(10)15)14(18)17-6-5-11(9-17)8-16-2/h3-4,7,11,16H,5-6,8-9H2,1-2H3/t11-/m0/s1. The van der Waals surface area contributed by atoms with Gasteiger partial charge in [-0.25, -0.2) is 4.39 Å². The van der Waals surface area contributed by atoms with Gasteiger partial charge in [0.2, 0.25) is 0 Å². The van der Waals surface area contributed by atoms with Crippen molar-refractivity contribution in [3.8, 4) is 0 Å². The first-order valence-electron chi connectivity index (χ1n) is 6.32. The summed E-state index contributed by atoms with van der Waals surface area (Å²) in [6, 6.07) is 4.56. The molecule has 0 saturated carbocycles. The molecule has 1 aliphatic rings. The highest BCUT2D eigenvalue weighted by molar-refractivity contribution is 5.94. The Morgan fingerprint density at radius 3 is 3.00 bits per heavy atom. The van der Waals surface area contributed by atoms with E-state index in [0.717, 1.165) is 26.1 Å². The van der Waals surface area contributed by atoms with Crippen LogP contribution in [0.15, 0.2) is 18.2 Å². The Bertz CT molecular complexity index is 447. The number of carbonyl (C=O) groups is 1. The van der Waals surface area contributed by atoms with Gasteiger partial charge in [0.15, 0.2) is 0 Å². The second-order valence-electron chi connectivity index (χ2n) is 4.93. The number of amides is 1. The molecule has 1 amide bonds. The summed E-state index contributed by atoms with van der Waals surface area (Å²) in [5.74, 6) is 0.276. The molecule has 0 radical (unpaired) electrons. The van der Waals surface area contributed by atoms with Gasteiger partial charge >= 0.3 is 0 Å². The lowest BCUT2D eigenvalue weighted by atomic mass is 10.1. The fourth-order valence-corrected chi connectivity index (χ4v) is 2.43. The zero-order chi connectivity index (χ0) is 13.1. The maximum atomic E-state index is 13.2. The molecule has 18 heavy (non-hydrogen) atoms. The van der Waals surface area contributed by atoms with Crippen molar-refractivity contribution in [1.29, 1.82) is 0 Å². The van der Waals surface area contributed by atoms with Crippen LogP contribution in [0.5, 0.6) is 0 Å². The van der Waals surface area contributed by atoms with Crippen LogP contribution in [0.1, 0.15) is 22.3 Å². The first kappa shape index (κ1) is 13.0. The molecule has 1 atom stereocenters. The molecule has 1 aromatic carbocycles. The third-order valence-corrected chi connectivity index (χ3v) is 3.47. The van der Waals surface area contributed by atoms with E-state index in [4.69, 9.17) is 0 Å². The van der Waals surface area contributed by atoms with Crippen molar-refractivity contribution in [3.05, 3.63) is 35.1 Å². The number of likely N-dealkylation sites (tertiary alicyclic amines) is 1. The summed E-state index contributed by atoms with van der Waals surface area (Å²) in [6.45, 7) is 4.20. The molecule has 1 aliphatic heterocycles. The van der Waals surface area contributed by atoms with Crippen LogP contribution in [-0.4, -0.2) is 37.5 Å². The molecule has 4 heteroatoms. The van der Waals surface area contributed by atoms with E-state index in [2.05, 4.69) is 5.32 Å². The zero-order valence-corrected chi connectivity index (χ0v) is 10.9. The number of nitrogens with zero attached hydrogens (tertiary/aromatic N) is 1. The van der Waals surface area contributed by atoms with Crippen LogP contribution < -0.4 is 5.32 Å². The van der Waals surface area contributed by atoms with Gasteiger partial charge in [-0.3, -0.25) is 4.79 Å². The SMILES string of the molecule is CNC[C@@H]1CCN(C(=O)c2ccc(F)c(C)c2)C1. The Hall–Kier alpha value is -1.42. The first-order valence-corrected chi connectivity index (χ1v) is 6.32. The summed E-state index contributed by atoms with van der Waals surface area (Å²) in [4.78, 5) is 14.1. The Labute approximate surface area is 107 Å². The molecule has 1 aromatic rings. The highest BCUT2D eigenvalue weighted by Crippen LogP contribution is 2.19. The molecule has 1 heterocycles. The van der Waals surface area contributed by atoms with E-state index >= 15 is 0 Å². The van der Waals surface area contributed by atoms with Crippen LogP contribution in [0.4, 0.5) is 4.39 Å². The van der Waals surface area contributed by atoms with Crippen LogP contribution in [0.3, 0.4) is 0 Å². The van der Waals surface area contributed by atoms with Crippen molar-refractivity contribution in [2.75, 3.05) is 26.7 Å². The molecule has 1 N–H and O–H groups in total. The third-order valence-electron chi connectivity index (χ3n) is 3.47. The van der Waals surface area contributed by atoms with Gasteiger partial charge in [0.25, 0.3) is 5.91 Å². The van der Waals surface area contributed by atoms with Crippen molar-refractivity contribution < 1.29 is 9.18 Å². The van der Waals surface area contributed by atoms with Gasteiger partial charge in [-0.1, -0.05) is 0 Å². The largest absolute Gasteiger partial charge is 0.338 e. The number of carbonyl (C=O) groups excluding carboxylic acids is 1. The van der Waals surface area contributed by atoms with E-state index in [1.807, 2.05) is 11.9 Å². The topological polar surface area (TPSA) is 32.3 Å². The summed E-state index contributed by atoms with van der Waals surface area (Å²) in [6.07, 6.45) is 1.03. The molecule has 0 aliphatic carbocycles. The zero-order valence-electron chi connectivity index (χ0n) is 10.9. The van der Waals surface area contributed by atoms with Gasteiger partial charge in [-0.2, -0.15) is 0 Å². The van der Waals surface area contributed by atoms with Gasteiger partial charge in [-0.15, -0.1) is 0 Å². The fourth-order valence-electron chi connectivity index (χ4n) is 2.43. The van der Waals surface area contributed by atoms with Gasteiger partial charge in [-0.05, 0) is 56.6 Å². The van der Waals surface area contributed by atoms with E-state index in [1.165, 1.54) is 6.07 Å². The van der Waals surface area contributed by atoms with Crippen molar-refractivity contribution in [2.24, 2.45) is 5.92 Å². The lowest BCUT2D eigenvalue weighted by Crippen LogP contribution is -2.30. The number of hydrogen-bond donors (Lipinski definition) is 1. The Kier molecular flexibility index (Phi) is 3.97. The van der Waals surface area contributed by atoms with E-state index in [1.54, 1.807) is 19.1 Å². The van der Waals surface area contributed by atoms with Gasteiger partial charge in [0, 0.05) is 18.7 Å². The monoisotopic (exact) mass is 250 g/mol. The molecule has 2 rings (SSSR count). The number of halogens is 1. The molecule has 0 bridgehead atoms. The minimum Gasteiger partial charge on any atom is -0.338 e. The maximum Gasteiger partial charge on any atom is 0.253 e. The summed E-state index contributed by atoms with van der Waals surface area (Å²) >= 11 is 0. The van der Waals surface area contributed by atoms with E-state index in [9.17, 15) is 9.18 Å². The normalized spacial score (nSPS) is 19.3. The summed E-state index contributed by atoms with van der Waals surface area (Å²) in [5, 5.41) is 3.14. The van der Waals surface area contributed by atoms with Crippen LogP contribution in [0.2, 0.25) is 0 Å². The quantitative estimate of drug-likeness (QED) is 0.887. The first-order chi connectivity index (χ1) is 8.61. The second kappa shape index (κ2) is 5.48. The Morgan fingerprint density at radius 1 is 1.56 bits per heavy atom. The predicted octanol–water partition coefficient (Wildman–Crippen LogP) is 1.82. The number of hydrogen-bond acceptors (Lipinski definition) is 2. The summed E-state index contributed by atoms with van der Waals surface area (Å²) < 4.78 is 13.2. The van der Waals surface area contributed by atoms with Gasteiger partial charge in [0.05, 0.1) is 0 Å². The van der Waals surface area contributed by atoms with Crippen molar-refractivity contribution in [2.45, 2.75) is 13.3 Å². The summed E-state index contributed by atoms with van der Waals surface area (Å²) in [5.41, 5.74) is 1.10. The van der Waals surface area contributed by atoms with E-state index < -0.39 is 0 Å². The molecule has 98 valence electrons. The highest BCUT2D eigenvalue weighted by Gasteiger charge is 2.26. The highest BCUT2D eigenvalue weighted by atomic mass is 19.1. The lowest BCUT2D eigenvalue weighted by Gasteiger charge is -2.17. The minimum absolute atomic E-state index is 0.0108. The number of benzene rings is 1. The van der Waals surface area contributed by atoms with Crippen LogP contribution in [-0.2, 0) is 0 Å². The van der Waals surface area contributed by atoms with Crippen LogP contribution in [0.25, 0.3) is 0 Å². The fraction of sp³-hybridized carbons (Fsp3) is 0.500. The average Bonchev–Trinajstić information content (AvgIpc) is 2.81. The lowest BCUT2D eigenvalue weighted by molar-refractivity contribution is 0.0787. The maximum absolute atomic E-state index is 13.2. The average molecular weight is 250 g/mol. The molecule has 1 saturated heterocycles. The molecule has 1 fully saturated rings. The molecular weight excluding hydrogens is 231 g/mol. The number of rotatable bonds is 3. The third kappa shape index (κ3) is 2.70. The molecule has 0 spiro atoms. The Balaban J connectivity index is 2.05. The Morgan fingerprint density at radius 2 is 2.33 bits per heavy atom. The molecule has 0 unspecified atom stereocenters.